The molecule has 7 nitrogen and oxygen atoms in total. The van der Waals surface area contributed by atoms with Gasteiger partial charge in [-0.1, -0.05) is 0 Å². The zero-order valence-corrected chi connectivity index (χ0v) is 10.9. The van der Waals surface area contributed by atoms with Crippen molar-refractivity contribution in [3.05, 3.63) is 29.6 Å². The van der Waals surface area contributed by atoms with Gasteiger partial charge in [-0.25, -0.2) is 22.3 Å². The number of sulfonamides is 1. The van der Waals surface area contributed by atoms with Crippen LogP contribution in [0, 0.1) is 5.82 Å². The average Bonchev–Trinajstić information content (AvgIpc) is 2.73. The molecular weight excluding hydrogens is 291 g/mol. The Morgan fingerprint density at radius 1 is 1.45 bits per heavy atom. The van der Waals surface area contributed by atoms with Gasteiger partial charge in [0.05, 0.1) is 5.56 Å². The Morgan fingerprint density at radius 3 is 2.70 bits per heavy atom. The summed E-state index contributed by atoms with van der Waals surface area (Å²) in [4.78, 5) is 21.0. The average molecular weight is 302 g/mol. The molecule has 1 atom stereocenters. The van der Waals surface area contributed by atoms with Crippen LogP contribution in [-0.4, -0.2) is 38.0 Å². The Labute approximate surface area is 113 Å². The largest absolute Gasteiger partial charge is 0.478 e. The van der Waals surface area contributed by atoms with E-state index in [4.69, 9.17) is 5.11 Å². The van der Waals surface area contributed by atoms with Crippen molar-refractivity contribution in [1.82, 2.24) is 10.0 Å². The van der Waals surface area contributed by atoms with Gasteiger partial charge in [0, 0.05) is 19.0 Å². The Bertz CT molecular complexity index is 673. The van der Waals surface area contributed by atoms with E-state index in [1.165, 1.54) is 0 Å². The van der Waals surface area contributed by atoms with E-state index >= 15 is 0 Å². The summed E-state index contributed by atoms with van der Waals surface area (Å²) in [6, 6.07) is 1.80. The van der Waals surface area contributed by atoms with Gasteiger partial charge in [-0.05, 0) is 18.2 Å². The number of hydrogen-bond acceptors (Lipinski definition) is 4. The van der Waals surface area contributed by atoms with Crippen molar-refractivity contribution in [2.24, 2.45) is 0 Å². The van der Waals surface area contributed by atoms with Gasteiger partial charge in [-0.2, -0.15) is 0 Å². The van der Waals surface area contributed by atoms with Crippen molar-refractivity contribution in [3.8, 4) is 0 Å². The third-order valence-corrected chi connectivity index (χ3v) is 4.30. The van der Waals surface area contributed by atoms with Crippen LogP contribution < -0.4 is 10.0 Å². The molecule has 0 spiro atoms. The number of benzene rings is 1. The van der Waals surface area contributed by atoms with Crippen LogP contribution in [0.25, 0.3) is 0 Å². The maximum Gasteiger partial charge on any atom is 0.335 e. The number of nitrogens with one attached hydrogen (secondary N) is 2. The van der Waals surface area contributed by atoms with Gasteiger partial charge in [-0.15, -0.1) is 0 Å². The second kappa shape index (κ2) is 5.17. The number of hydrogen-bond donors (Lipinski definition) is 3. The summed E-state index contributed by atoms with van der Waals surface area (Å²) < 4.78 is 39.8. The van der Waals surface area contributed by atoms with Crippen LogP contribution in [0.2, 0.25) is 0 Å². The lowest BCUT2D eigenvalue weighted by atomic mass is 10.2. The fraction of sp³-hybridized carbons (Fsp3) is 0.273. The Hall–Kier alpha value is -2.00. The lowest BCUT2D eigenvalue weighted by Crippen LogP contribution is -2.36. The van der Waals surface area contributed by atoms with Gasteiger partial charge in [0.1, 0.15) is 10.7 Å². The molecule has 1 unspecified atom stereocenters. The Balaban J connectivity index is 2.31. The normalized spacial score (nSPS) is 18.9. The highest BCUT2D eigenvalue weighted by Gasteiger charge is 2.29. The number of amides is 1. The van der Waals surface area contributed by atoms with Gasteiger partial charge in [0.25, 0.3) is 0 Å². The number of rotatable bonds is 4. The first-order chi connectivity index (χ1) is 9.29. The molecule has 1 aromatic rings. The summed E-state index contributed by atoms with van der Waals surface area (Å²) in [6.45, 7) is 0.109. The monoisotopic (exact) mass is 302 g/mol. The molecule has 108 valence electrons. The quantitative estimate of drug-likeness (QED) is 0.706. The molecule has 1 heterocycles. The van der Waals surface area contributed by atoms with Crippen molar-refractivity contribution in [2.75, 3.05) is 6.54 Å². The minimum atomic E-state index is -4.23. The van der Waals surface area contributed by atoms with Crippen LogP contribution in [0.4, 0.5) is 4.39 Å². The SMILES string of the molecule is O=C1CC(NS(=O)(=O)c2cc(C(=O)O)ccc2F)CN1. The molecule has 0 aromatic heterocycles. The molecule has 0 saturated carbocycles. The molecule has 20 heavy (non-hydrogen) atoms. The molecule has 1 aliphatic rings. The highest BCUT2D eigenvalue weighted by Crippen LogP contribution is 2.17. The number of carbonyl (C=O) groups is 2. The third-order valence-electron chi connectivity index (χ3n) is 2.77. The van der Waals surface area contributed by atoms with E-state index in [0.717, 1.165) is 18.2 Å². The third kappa shape index (κ3) is 2.94. The lowest BCUT2D eigenvalue weighted by molar-refractivity contribution is -0.119. The minimum Gasteiger partial charge on any atom is -0.478 e. The predicted octanol–water partition coefficient (Wildman–Crippen LogP) is -0.309. The summed E-state index contributed by atoms with van der Waals surface area (Å²) >= 11 is 0. The van der Waals surface area contributed by atoms with E-state index in [9.17, 15) is 22.4 Å². The summed E-state index contributed by atoms with van der Waals surface area (Å²) in [7, 11) is -4.23. The molecule has 0 radical (unpaired) electrons. The maximum absolute atomic E-state index is 13.6. The molecule has 1 saturated heterocycles. The zero-order chi connectivity index (χ0) is 14.9. The summed E-state index contributed by atoms with van der Waals surface area (Å²) in [5, 5.41) is 11.2. The first-order valence-corrected chi connectivity index (χ1v) is 7.10. The second-order valence-corrected chi connectivity index (χ2v) is 5.96. The first kappa shape index (κ1) is 14.4. The van der Waals surface area contributed by atoms with Gasteiger partial charge in [-0.3, -0.25) is 4.79 Å². The summed E-state index contributed by atoms with van der Waals surface area (Å²) in [5.74, 6) is -2.73. The topological polar surface area (TPSA) is 113 Å². The molecular formula is C11H11FN2O5S. The molecule has 1 amide bonds. The highest BCUT2D eigenvalue weighted by atomic mass is 32.2. The van der Waals surface area contributed by atoms with Gasteiger partial charge in [0.15, 0.2) is 0 Å². The molecule has 2 rings (SSSR count). The molecule has 0 aliphatic carbocycles. The molecule has 9 heteroatoms. The van der Waals surface area contributed by atoms with E-state index in [-0.39, 0.29) is 24.4 Å². The summed E-state index contributed by atoms with van der Waals surface area (Å²) in [5.41, 5.74) is -0.340. The van der Waals surface area contributed by atoms with E-state index in [1.807, 2.05) is 0 Å². The van der Waals surface area contributed by atoms with E-state index < -0.39 is 32.7 Å². The number of carbonyl (C=O) groups excluding carboxylic acids is 1. The molecule has 1 aromatic carbocycles. The van der Waals surface area contributed by atoms with Crippen LogP contribution in [0.15, 0.2) is 23.1 Å². The van der Waals surface area contributed by atoms with Crippen LogP contribution >= 0.6 is 0 Å². The molecule has 1 fully saturated rings. The lowest BCUT2D eigenvalue weighted by Gasteiger charge is -2.12. The van der Waals surface area contributed by atoms with E-state index in [1.54, 1.807) is 0 Å². The summed E-state index contributed by atoms with van der Waals surface area (Å²) in [6.07, 6.45) is -0.0422. The second-order valence-electron chi connectivity index (χ2n) is 4.28. The van der Waals surface area contributed by atoms with Crippen LogP contribution in [-0.2, 0) is 14.8 Å². The highest BCUT2D eigenvalue weighted by molar-refractivity contribution is 7.89. The Morgan fingerprint density at radius 2 is 2.15 bits per heavy atom. The van der Waals surface area contributed by atoms with Crippen LogP contribution in [0.3, 0.4) is 0 Å². The van der Waals surface area contributed by atoms with Gasteiger partial charge >= 0.3 is 5.97 Å². The maximum atomic E-state index is 13.6. The molecule has 3 N–H and O–H groups in total. The van der Waals surface area contributed by atoms with Crippen molar-refractivity contribution in [2.45, 2.75) is 17.4 Å². The van der Waals surface area contributed by atoms with Crippen molar-refractivity contribution >= 4 is 21.9 Å². The minimum absolute atomic E-state index is 0.0422. The van der Waals surface area contributed by atoms with Crippen molar-refractivity contribution < 1.29 is 27.5 Å². The van der Waals surface area contributed by atoms with Crippen molar-refractivity contribution in [3.63, 3.8) is 0 Å². The van der Waals surface area contributed by atoms with Crippen LogP contribution in [0.5, 0.6) is 0 Å². The fourth-order valence-electron chi connectivity index (χ4n) is 1.81. The predicted molar refractivity (Wildman–Crippen MR) is 65.1 cm³/mol. The molecule has 0 bridgehead atoms. The van der Waals surface area contributed by atoms with Crippen LogP contribution in [0.1, 0.15) is 16.8 Å². The first-order valence-electron chi connectivity index (χ1n) is 5.61. The zero-order valence-electron chi connectivity index (χ0n) is 10.1. The van der Waals surface area contributed by atoms with E-state index in [0.29, 0.717) is 0 Å². The molecule has 1 aliphatic heterocycles. The van der Waals surface area contributed by atoms with Crippen molar-refractivity contribution in [1.29, 1.82) is 0 Å². The van der Waals surface area contributed by atoms with E-state index in [2.05, 4.69) is 10.0 Å². The number of halogens is 1. The van der Waals surface area contributed by atoms with Gasteiger partial charge < -0.3 is 10.4 Å². The Kier molecular flexibility index (Phi) is 3.73. The van der Waals surface area contributed by atoms with Gasteiger partial charge in [0.2, 0.25) is 15.9 Å². The number of carboxylic acid groups (broad SMARTS) is 1. The fourth-order valence-corrected chi connectivity index (χ4v) is 3.15. The number of carboxylic acids is 1. The number of aromatic carboxylic acids is 1. The standard InChI is InChI=1S/C11H11FN2O5S/c12-8-2-1-6(11(16)17)3-9(8)20(18,19)14-7-4-10(15)13-5-7/h1-3,7,14H,4-5H2,(H,13,15)(H,16,17). The smallest absolute Gasteiger partial charge is 0.335 e.